The van der Waals surface area contributed by atoms with Crippen LogP contribution in [0.4, 0.5) is 0 Å². The molecule has 3 aromatic rings. The zero-order valence-electron chi connectivity index (χ0n) is 8.61. The Hall–Kier alpha value is -1.90. The molecule has 15 heavy (non-hydrogen) atoms. The van der Waals surface area contributed by atoms with E-state index in [1.165, 1.54) is 0 Å². The molecule has 0 bridgehead atoms. The van der Waals surface area contributed by atoms with E-state index in [1.54, 1.807) is 0 Å². The molecule has 3 heteroatoms. The molecule has 0 aliphatic rings. The van der Waals surface area contributed by atoms with E-state index in [0.717, 1.165) is 27.9 Å². The van der Waals surface area contributed by atoms with Gasteiger partial charge in [0.15, 0.2) is 0 Å². The van der Waals surface area contributed by atoms with Gasteiger partial charge in [0.25, 0.3) is 0 Å². The third kappa shape index (κ3) is 1.13. The second-order valence-corrected chi connectivity index (χ2v) is 3.63. The normalized spacial score (nSPS) is 11.3. The smallest absolute Gasteiger partial charge is 0.230 e. The Labute approximate surface area is 86.8 Å². The summed E-state index contributed by atoms with van der Waals surface area (Å²) in [7, 11) is 0. The lowest BCUT2D eigenvalue weighted by atomic mass is 10.2. The van der Waals surface area contributed by atoms with Gasteiger partial charge in [0.1, 0.15) is 11.4 Å². The van der Waals surface area contributed by atoms with Crippen molar-refractivity contribution >= 4 is 22.1 Å². The highest BCUT2D eigenvalue weighted by Crippen LogP contribution is 2.28. The summed E-state index contributed by atoms with van der Waals surface area (Å²) in [6, 6.07) is 7.94. The van der Waals surface area contributed by atoms with Crippen LogP contribution >= 0.6 is 0 Å². The van der Waals surface area contributed by atoms with Gasteiger partial charge in [0.05, 0.1) is 11.1 Å². The Morgan fingerprint density at radius 3 is 2.73 bits per heavy atom. The Morgan fingerprint density at radius 2 is 1.87 bits per heavy atom. The first-order valence-corrected chi connectivity index (χ1v) is 4.88. The van der Waals surface area contributed by atoms with Crippen LogP contribution in [0, 0.1) is 13.8 Å². The van der Waals surface area contributed by atoms with E-state index in [0.29, 0.717) is 5.71 Å². The number of para-hydroxylation sites is 1. The minimum Gasteiger partial charge on any atom is -0.438 e. The largest absolute Gasteiger partial charge is 0.438 e. The molecule has 0 fully saturated rings. The van der Waals surface area contributed by atoms with E-state index in [-0.39, 0.29) is 0 Å². The number of nitrogens with zero attached hydrogens (tertiary/aromatic N) is 2. The summed E-state index contributed by atoms with van der Waals surface area (Å²) in [5, 5.41) is 2.11. The average molecular weight is 198 g/mol. The summed E-state index contributed by atoms with van der Waals surface area (Å²) in [5.74, 6) is 0.749. The third-order valence-corrected chi connectivity index (χ3v) is 2.53. The topological polar surface area (TPSA) is 38.9 Å². The van der Waals surface area contributed by atoms with Gasteiger partial charge in [-0.2, -0.15) is 4.98 Å². The molecule has 0 N–H and O–H groups in total. The van der Waals surface area contributed by atoms with E-state index in [2.05, 4.69) is 9.97 Å². The van der Waals surface area contributed by atoms with Crippen molar-refractivity contribution in [2.75, 3.05) is 0 Å². The van der Waals surface area contributed by atoms with Crippen molar-refractivity contribution in [1.82, 2.24) is 9.97 Å². The molecule has 3 rings (SSSR count). The van der Waals surface area contributed by atoms with Gasteiger partial charge in [0, 0.05) is 5.39 Å². The standard InChI is InChI=1S/C12H10N2O/c1-7-11-9-5-3-4-6-10(9)15-12(11)14-8(2)13-7/h3-6H,1-2H3. The maximum absolute atomic E-state index is 5.66. The van der Waals surface area contributed by atoms with Crippen LogP contribution in [0.2, 0.25) is 0 Å². The number of rotatable bonds is 0. The molecule has 1 aromatic carbocycles. The van der Waals surface area contributed by atoms with Crippen molar-refractivity contribution in [2.45, 2.75) is 13.8 Å². The number of benzene rings is 1. The van der Waals surface area contributed by atoms with Gasteiger partial charge in [-0.05, 0) is 19.9 Å². The molecule has 0 saturated carbocycles. The lowest BCUT2D eigenvalue weighted by Crippen LogP contribution is -1.90. The monoisotopic (exact) mass is 198 g/mol. The van der Waals surface area contributed by atoms with Crippen molar-refractivity contribution in [3.63, 3.8) is 0 Å². The number of hydrogen-bond donors (Lipinski definition) is 0. The minimum absolute atomic E-state index is 0.682. The first kappa shape index (κ1) is 8.41. The van der Waals surface area contributed by atoms with Gasteiger partial charge < -0.3 is 4.42 Å². The van der Waals surface area contributed by atoms with Crippen molar-refractivity contribution in [3.05, 3.63) is 35.8 Å². The van der Waals surface area contributed by atoms with Gasteiger partial charge in [-0.1, -0.05) is 18.2 Å². The summed E-state index contributed by atoms with van der Waals surface area (Å²) < 4.78 is 5.66. The molecule has 2 heterocycles. The Kier molecular flexibility index (Phi) is 1.57. The molecule has 0 saturated heterocycles. The number of hydrogen-bond acceptors (Lipinski definition) is 3. The van der Waals surface area contributed by atoms with Crippen LogP contribution < -0.4 is 0 Å². The zero-order chi connectivity index (χ0) is 10.4. The third-order valence-electron chi connectivity index (χ3n) is 2.53. The van der Waals surface area contributed by atoms with E-state index in [4.69, 9.17) is 4.42 Å². The van der Waals surface area contributed by atoms with Crippen LogP contribution in [-0.4, -0.2) is 9.97 Å². The predicted molar refractivity (Wildman–Crippen MR) is 58.8 cm³/mol. The second-order valence-electron chi connectivity index (χ2n) is 3.63. The van der Waals surface area contributed by atoms with E-state index >= 15 is 0 Å². The van der Waals surface area contributed by atoms with Crippen LogP contribution in [-0.2, 0) is 0 Å². The van der Waals surface area contributed by atoms with Gasteiger partial charge in [-0.15, -0.1) is 0 Å². The lowest BCUT2D eigenvalue weighted by Gasteiger charge is -1.95. The highest BCUT2D eigenvalue weighted by atomic mass is 16.3. The molecular weight excluding hydrogens is 188 g/mol. The van der Waals surface area contributed by atoms with E-state index in [1.807, 2.05) is 38.1 Å². The number of aryl methyl sites for hydroxylation is 2. The van der Waals surface area contributed by atoms with Gasteiger partial charge in [0.2, 0.25) is 5.71 Å². The van der Waals surface area contributed by atoms with Crippen LogP contribution in [0.3, 0.4) is 0 Å². The Bertz CT molecular complexity index is 655. The highest BCUT2D eigenvalue weighted by molar-refractivity contribution is 6.04. The van der Waals surface area contributed by atoms with Crippen LogP contribution in [0.5, 0.6) is 0 Å². The first-order chi connectivity index (χ1) is 7.25. The molecule has 3 nitrogen and oxygen atoms in total. The van der Waals surface area contributed by atoms with Crippen molar-refractivity contribution in [1.29, 1.82) is 0 Å². The molecule has 0 unspecified atom stereocenters. The molecule has 0 aliphatic carbocycles. The SMILES string of the molecule is Cc1nc(C)c2c(n1)oc1ccccc12. The lowest BCUT2D eigenvalue weighted by molar-refractivity contribution is 0.650. The predicted octanol–water partition coefficient (Wildman–Crippen LogP) is 2.99. The van der Waals surface area contributed by atoms with Crippen molar-refractivity contribution in [3.8, 4) is 0 Å². The molecule has 74 valence electrons. The van der Waals surface area contributed by atoms with Crippen LogP contribution in [0.15, 0.2) is 28.7 Å². The second kappa shape index (κ2) is 2.79. The summed E-state index contributed by atoms with van der Waals surface area (Å²) >= 11 is 0. The van der Waals surface area contributed by atoms with Crippen LogP contribution in [0.25, 0.3) is 22.1 Å². The molecule has 2 aromatic heterocycles. The fourth-order valence-corrected chi connectivity index (χ4v) is 1.93. The minimum atomic E-state index is 0.682. The molecular formula is C12H10N2O. The Morgan fingerprint density at radius 1 is 1.07 bits per heavy atom. The fraction of sp³-hybridized carbons (Fsp3) is 0.167. The summed E-state index contributed by atoms with van der Waals surface area (Å²) in [5.41, 5.74) is 2.53. The van der Waals surface area contributed by atoms with Crippen molar-refractivity contribution < 1.29 is 4.42 Å². The fourth-order valence-electron chi connectivity index (χ4n) is 1.93. The van der Waals surface area contributed by atoms with Crippen molar-refractivity contribution in [2.24, 2.45) is 0 Å². The van der Waals surface area contributed by atoms with Gasteiger partial charge in [-0.3, -0.25) is 0 Å². The van der Waals surface area contributed by atoms with E-state index in [9.17, 15) is 0 Å². The summed E-state index contributed by atoms with van der Waals surface area (Å²) in [4.78, 5) is 8.65. The summed E-state index contributed by atoms with van der Waals surface area (Å²) in [6.45, 7) is 3.86. The molecule has 0 radical (unpaired) electrons. The first-order valence-electron chi connectivity index (χ1n) is 4.88. The van der Waals surface area contributed by atoms with Crippen LogP contribution in [0.1, 0.15) is 11.5 Å². The number of fused-ring (bicyclic) bond motifs is 3. The van der Waals surface area contributed by atoms with Gasteiger partial charge in [-0.25, -0.2) is 4.98 Å². The molecule has 0 amide bonds. The maximum atomic E-state index is 5.66. The number of furan rings is 1. The highest BCUT2D eigenvalue weighted by Gasteiger charge is 2.10. The molecule has 0 aliphatic heterocycles. The molecule has 0 atom stereocenters. The maximum Gasteiger partial charge on any atom is 0.230 e. The Balaban J connectivity index is 2.61. The van der Waals surface area contributed by atoms with E-state index < -0.39 is 0 Å². The zero-order valence-corrected chi connectivity index (χ0v) is 8.61. The quantitative estimate of drug-likeness (QED) is 0.557. The average Bonchev–Trinajstić information content (AvgIpc) is 2.54. The molecule has 0 spiro atoms. The number of aromatic nitrogens is 2. The van der Waals surface area contributed by atoms with Gasteiger partial charge >= 0.3 is 0 Å². The summed E-state index contributed by atoms with van der Waals surface area (Å²) in [6.07, 6.45) is 0.